The Kier molecular flexibility index (Phi) is 13.7. The Bertz CT molecular complexity index is 151. The van der Waals surface area contributed by atoms with Crippen LogP contribution in [0, 0.1) is 0 Å². The fourth-order valence-electron chi connectivity index (χ4n) is 1.89. The van der Waals surface area contributed by atoms with Crippen molar-refractivity contribution in [1.29, 1.82) is 0 Å². The maximum atomic E-state index is 5.60. The maximum absolute atomic E-state index is 5.60. The molecule has 1 fully saturated rings. The van der Waals surface area contributed by atoms with Crippen molar-refractivity contribution in [2.75, 3.05) is 19.8 Å². The smallest absolute Gasteiger partial charge is 0.0656 e. The predicted octanol–water partition coefficient (Wildman–Crippen LogP) is 4.18. The third-order valence-electron chi connectivity index (χ3n) is 3.24. The average Bonchev–Trinajstić information content (AvgIpc) is 2.40. The van der Waals surface area contributed by atoms with Gasteiger partial charge in [-0.25, -0.2) is 0 Å². The molecule has 1 atom stereocenters. The van der Waals surface area contributed by atoms with E-state index in [1.807, 2.05) is 0 Å². The Morgan fingerprint density at radius 3 is 2.00 bits per heavy atom. The summed E-state index contributed by atoms with van der Waals surface area (Å²) >= 11 is 0. The first-order valence-corrected chi connectivity index (χ1v) is 10.9. The van der Waals surface area contributed by atoms with E-state index in [1.165, 1.54) is 44.9 Å². The fourth-order valence-corrected chi connectivity index (χ4v) is 3.31. The summed E-state index contributed by atoms with van der Waals surface area (Å²) in [5, 5.41) is 0. The molecule has 1 heterocycles. The first-order valence-electron chi connectivity index (χ1n) is 7.91. The summed E-state index contributed by atoms with van der Waals surface area (Å²) in [6.07, 6.45) is 8.93. The van der Waals surface area contributed by atoms with Crippen molar-refractivity contribution in [2.45, 2.75) is 77.6 Å². The van der Waals surface area contributed by atoms with E-state index in [9.17, 15) is 0 Å². The Hall–Kier alpha value is 0.137. The van der Waals surface area contributed by atoms with Crippen molar-refractivity contribution < 1.29 is 9.47 Å². The normalized spacial score (nSPS) is 19.5. The Morgan fingerprint density at radius 1 is 1.06 bits per heavy atom. The van der Waals surface area contributed by atoms with Gasteiger partial charge in [0.25, 0.3) is 0 Å². The lowest BCUT2D eigenvalue weighted by Gasteiger charge is -2.24. The predicted molar refractivity (Wildman–Crippen MR) is 83.1 cm³/mol. The van der Waals surface area contributed by atoms with Crippen LogP contribution in [0.25, 0.3) is 0 Å². The second-order valence-corrected chi connectivity index (χ2v) is 8.70. The number of hydrogen-bond donors (Lipinski definition) is 0. The van der Waals surface area contributed by atoms with Crippen LogP contribution in [0.15, 0.2) is 0 Å². The summed E-state index contributed by atoms with van der Waals surface area (Å²) in [6.45, 7) is 12.0. The molecule has 0 aromatic rings. The molecule has 1 rings (SSSR count). The van der Waals surface area contributed by atoms with Gasteiger partial charge >= 0.3 is 0 Å². The molecule has 0 aromatic heterocycles. The van der Waals surface area contributed by atoms with E-state index >= 15 is 0 Å². The lowest BCUT2D eigenvalue weighted by molar-refractivity contribution is 0.0631. The number of unbranched alkanes of at least 4 members (excludes halogenated alkanes) is 2. The van der Waals surface area contributed by atoms with Crippen molar-refractivity contribution >= 4 is 8.80 Å². The number of rotatable bonds is 7. The van der Waals surface area contributed by atoms with Crippen molar-refractivity contribution in [3.05, 3.63) is 0 Å². The van der Waals surface area contributed by atoms with Gasteiger partial charge in [-0.2, -0.15) is 0 Å². The highest BCUT2D eigenvalue weighted by molar-refractivity contribution is 6.57. The van der Waals surface area contributed by atoms with Crippen molar-refractivity contribution in [2.24, 2.45) is 0 Å². The molecule has 0 saturated carbocycles. The maximum Gasteiger partial charge on any atom is 0.0656 e. The molecule has 1 aliphatic rings. The molecule has 1 unspecified atom stereocenters. The van der Waals surface area contributed by atoms with Crippen LogP contribution in [0.1, 0.15) is 58.8 Å². The molecule has 1 saturated heterocycles. The lowest BCUT2D eigenvalue weighted by atomic mass is 10.2. The van der Waals surface area contributed by atoms with E-state index in [0.29, 0.717) is 5.73 Å². The number of hydrogen-bond acceptors (Lipinski definition) is 2. The van der Waals surface area contributed by atoms with Gasteiger partial charge in [0.05, 0.1) is 8.80 Å². The van der Waals surface area contributed by atoms with Crippen molar-refractivity contribution in [3.8, 4) is 0 Å². The Balaban J connectivity index is 0.000000321. The van der Waals surface area contributed by atoms with Crippen LogP contribution in [0.5, 0.6) is 0 Å². The molecule has 0 spiro atoms. The van der Waals surface area contributed by atoms with E-state index in [0.717, 1.165) is 19.8 Å². The van der Waals surface area contributed by atoms with Gasteiger partial charge in [-0.1, -0.05) is 39.8 Å². The van der Waals surface area contributed by atoms with E-state index < -0.39 is 8.80 Å². The highest BCUT2D eigenvalue weighted by atomic mass is 28.3. The molecular weight excluding hydrogens is 240 g/mol. The molecule has 0 aliphatic carbocycles. The largest absolute Gasteiger partial charge is 0.382 e. The first-order chi connectivity index (χ1) is 8.72. The first kappa shape index (κ1) is 18.1. The molecule has 0 amide bonds. The standard InChI is InChI=1S/C8H18O.C7H16OSi/c1-3-5-7-9-8-6-4-2;1-9(2)7-5-3-4-6-8-7/h3-8H2,1-2H3;7,9H,3-6H2,1-2H3. The van der Waals surface area contributed by atoms with Crippen molar-refractivity contribution in [3.63, 3.8) is 0 Å². The van der Waals surface area contributed by atoms with Gasteiger partial charge < -0.3 is 9.47 Å². The van der Waals surface area contributed by atoms with Gasteiger partial charge in [0, 0.05) is 25.5 Å². The molecule has 0 radical (unpaired) electrons. The van der Waals surface area contributed by atoms with Crippen LogP contribution in [0.4, 0.5) is 0 Å². The summed E-state index contributed by atoms with van der Waals surface area (Å²) in [7, 11) is -0.474. The van der Waals surface area contributed by atoms with Gasteiger partial charge in [-0.15, -0.1) is 0 Å². The summed E-state index contributed by atoms with van der Waals surface area (Å²) in [5.74, 6) is 0. The van der Waals surface area contributed by atoms with Crippen LogP contribution >= 0.6 is 0 Å². The molecule has 3 heteroatoms. The second-order valence-electron chi connectivity index (χ2n) is 5.47. The number of ether oxygens (including phenoxy) is 2. The highest BCUT2D eigenvalue weighted by Gasteiger charge is 2.17. The van der Waals surface area contributed by atoms with E-state index in [-0.39, 0.29) is 0 Å². The summed E-state index contributed by atoms with van der Waals surface area (Å²) in [5.41, 5.74) is 0.693. The minimum atomic E-state index is -0.474. The fraction of sp³-hybridized carbons (Fsp3) is 1.00. The highest BCUT2D eigenvalue weighted by Crippen LogP contribution is 2.14. The lowest BCUT2D eigenvalue weighted by Crippen LogP contribution is -2.31. The Labute approximate surface area is 116 Å². The third kappa shape index (κ3) is 11.2. The minimum absolute atomic E-state index is 0.474. The van der Waals surface area contributed by atoms with Crippen LogP contribution < -0.4 is 0 Å². The molecule has 0 aromatic carbocycles. The van der Waals surface area contributed by atoms with Crippen LogP contribution in [0.3, 0.4) is 0 Å². The Morgan fingerprint density at radius 2 is 1.67 bits per heavy atom. The van der Waals surface area contributed by atoms with Crippen LogP contribution in [0.2, 0.25) is 13.1 Å². The van der Waals surface area contributed by atoms with Crippen LogP contribution in [-0.2, 0) is 9.47 Å². The van der Waals surface area contributed by atoms with Gasteiger partial charge in [0.1, 0.15) is 0 Å². The SMILES string of the molecule is CCCCOCCCC.C[SiH](C)C1CCCCO1. The van der Waals surface area contributed by atoms with E-state index in [2.05, 4.69) is 26.9 Å². The third-order valence-corrected chi connectivity index (χ3v) is 5.26. The molecule has 2 nitrogen and oxygen atoms in total. The molecular formula is C15H34O2Si. The summed E-state index contributed by atoms with van der Waals surface area (Å²) < 4.78 is 10.9. The van der Waals surface area contributed by atoms with E-state index in [1.54, 1.807) is 0 Å². The molecule has 1 aliphatic heterocycles. The zero-order valence-electron chi connectivity index (χ0n) is 13.0. The van der Waals surface area contributed by atoms with Crippen LogP contribution in [-0.4, -0.2) is 34.3 Å². The summed E-state index contributed by atoms with van der Waals surface area (Å²) in [4.78, 5) is 0. The minimum Gasteiger partial charge on any atom is -0.382 e. The molecule has 18 heavy (non-hydrogen) atoms. The zero-order valence-corrected chi connectivity index (χ0v) is 14.2. The average molecular weight is 275 g/mol. The molecule has 110 valence electrons. The quantitative estimate of drug-likeness (QED) is 0.512. The zero-order chi connectivity index (χ0) is 13.6. The van der Waals surface area contributed by atoms with Gasteiger partial charge in [0.15, 0.2) is 0 Å². The summed E-state index contributed by atoms with van der Waals surface area (Å²) in [6, 6.07) is 0. The van der Waals surface area contributed by atoms with Gasteiger partial charge in [0.2, 0.25) is 0 Å². The van der Waals surface area contributed by atoms with Gasteiger partial charge in [-0.3, -0.25) is 0 Å². The monoisotopic (exact) mass is 274 g/mol. The molecule has 0 N–H and O–H groups in total. The molecule has 0 bridgehead atoms. The van der Waals surface area contributed by atoms with Gasteiger partial charge in [-0.05, 0) is 32.1 Å². The topological polar surface area (TPSA) is 18.5 Å². The second kappa shape index (κ2) is 13.6. The van der Waals surface area contributed by atoms with Crippen molar-refractivity contribution in [1.82, 2.24) is 0 Å². The van der Waals surface area contributed by atoms with E-state index in [4.69, 9.17) is 9.47 Å².